The van der Waals surface area contributed by atoms with Crippen LogP contribution in [0.4, 0.5) is 0 Å². The maximum absolute atomic E-state index is 6.21. The molecule has 4 atom stereocenters. The fourth-order valence-electron chi connectivity index (χ4n) is 7.73. The van der Waals surface area contributed by atoms with Crippen molar-refractivity contribution in [2.75, 3.05) is 0 Å². The van der Waals surface area contributed by atoms with Crippen LogP contribution < -0.4 is 11.5 Å². The number of hydrogen-bond donors (Lipinski definition) is 2. The first kappa shape index (κ1) is 37.9. The zero-order valence-corrected chi connectivity index (χ0v) is 29.2. The Morgan fingerprint density at radius 3 is 1.05 bits per heavy atom. The van der Waals surface area contributed by atoms with Crippen molar-refractivity contribution in [2.24, 2.45) is 46.0 Å². The van der Waals surface area contributed by atoms with Crippen LogP contribution in [-0.2, 0) is 0 Å². The van der Waals surface area contributed by atoms with Crippen LogP contribution in [0.2, 0.25) is 0 Å². The molecular weight excluding hydrogens is 484 g/mol. The standard InChI is InChI=1S/C38H78N2/c1-9-37(7,29-21-17-13-11-15-19-23-35(39)31(3)4)33-25-27-34(28-26-33)38(8,10-2)30-22-18-14-12-16-20-24-36(40)32(5)6/h31-36H,9-30,39-40H2,1-8H3. The predicted octanol–water partition coefficient (Wildman–Crippen LogP) is 11.8. The van der Waals surface area contributed by atoms with Gasteiger partial charge in [0, 0.05) is 12.1 Å². The van der Waals surface area contributed by atoms with Gasteiger partial charge >= 0.3 is 0 Å². The Kier molecular flexibility index (Phi) is 19.7. The molecule has 0 aromatic carbocycles. The van der Waals surface area contributed by atoms with Gasteiger partial charge in [0.2, 0.25) is 0 Å². The summed E-state index contributed by atoms with van der Waals surface area (Å²) >= 11 is 0. The van der Waals surface area contributed by atoms with Gasteiger partial charge in [-0.15, -0.1) is 0 Å². The molecule has 0 aromatic heterocycles. The summed E-state index contributed by atoms with van der Waals surface area (Å²) in [6, 6.07) is 0.797. The Bertz CT molecular complexity index is 540. The van der Waals surface area contributed by atoms with Crippen LogP contribution >= 0.6 is 0 Å². The molecule has 2 heteroatoms. The molecule has 40 heavy (non-hydrogen) atoms. The Morgan fingerprint density at radius 2 is 0.775 bits per heavy atom. The van der Waals surface area contributed by atoms with E-state index in [-0.39, 0.29) is 0 Å². The lowest BCUT2D eigenvalue weighted by Gasteiger charge is -2.46. The van der Waals surface area contributed by atoms with Crippen molar-refractivity contribution in [3.63, 3.8) is 0 Å². The summed E-state index contributed by atoms with van der Waals surface area (Å²) < 4.78 is 0. The molecule has 1 rings (SSSR count). The van der Waals surface area contributed by atoms with Gasteiger partial charge in [-0.2, -0.15) is 0 Å². The van der Waals surface area contributed by atoms with Crippen LogP contribution in [0.5, 0.6) is 0 Å². The summed E-state index contributed by atoms with van der Waals surface area (Å²) in [5, 5.41) is 0. The smallest absolute Gasteiger partial charge is 0.00618 e. The Morgan fingerprint density at radius 1 is 0.500 bits per heavy atom. The van der Waals surface area contributed by atoms with Gasteiger partial charge in [-0.05, 0) is 85.9 Å². The molecule has 1 aliphatic rings. The third-order valence-corrected chi connectivity index (χ3v) is 12.1. The van der Waals surface area contributed by atoms with Crippen molar-refractivity contribution in [2.45, 2.75) is 209 Å². The van der Waals surface area contributed by atoms with Crippen molar-refractivity contribution >= 4 is 0 Å². The van der Waals surface area contributed by atoms with E-state index in [1.165, 1.54) is 141 Å². The predicted molar refractivity (Wildman–Crippen MR) is 182 cm³/mol. The largest absolute Gasteiger partial charge is 0.327 e. The van der Waals surface area contributed by atoms with Gasteiger partial charge in [-0.1, -0.05) is 145 Å². The third-order valence-electron chi connectivity index (χ3n) is 12.1. The van der Waals surface area contributed by atoms with Crippen LogP contribution in [0.1, 0.15) is 197 Å². The summed E-state index contributed by atoms with van der Waals surface area (Å²) in [6.45, 7) is 19.2. The fraction of sp³-hybridized carbons (Fsp3) is 1.00. The summed E-state index contributed by atoms with van der Waals surface area (Å²) in [5.74, 6) is 3.16. The van der Waals surface area contributed by atoms with E-state index in [0.717, 1.165) is 11.8 Å². The van der Waals surface area contributed by atoms with Crippen molar-refractivity contribution in [3.8, 4) is 0 Å². The van der Waals surface area contributed by atoms with Gasteiger partial charge in [0.05, 0.1) is 0 Å². The van der Waals surface area contributed by atoms with Crippen LogP contribution in [0.15, 0.2) is 0 Å². The number of rotatable bonds is 24. The molecule has 0 aromatic rings. The molecule has 0 aliphatic heterocycles. The molecule has 4 N–H and O–H groups in total. The molecule has 2 nitrogen and oxygen atoms in total. The minimum atomic E-state index is 0.398. The van der Waals surface area contributed by atoms with Crippen molar-refractivity contribution in [1.82, 2.24) is 0 Å². The molecule has 0 spiro atoms. The molecule has 0 amide bonds. The quantitative estimate of drug-likeness (QED) is 0.115. The highest BCUT2D eigenvalue weighted by molar-refractivity contribution is 4.90. The Labute approximate surface area is 254 Å². The lowest BCUT2D eigenvalue weighted by molar-refractivity contribution is 0.0451. The van der Waals surface area contributed by atoms with Crippen molar-refractivity contribution in [1.29, 1.82) is 0 Å². The molecule has 240 valence electrons. The number of unbranched alkanes of at least 4 members (excludes halogenated alkanes) is 10. The van der Waals surface area contributed by atoms with Gasteiger partial charge < -0.3 is 11.5 Å². The zero-order chi connectivity index (χ0) is 30.0. The van der Waals surface area contributed by atoms with E-state index in [9.17, 15) is 0 Å². The molecule has 1 saturated carbocycles. The summed E-state index contributed by atoms with van der Waals surface area (Å²) in [6.07, 6.45) is 30.8. The van der Waals surface area contributed by atoms with Crippen LogP contribution in [0.25, 0.3) is 0 Å². The van der Waals surface area contributed by atoms with E-state index >= 15 is 0 Å². The number of hydrogen-bond acceptors (Lipinski definition) is 2. The Hall–Kier alpha value is -0.0800. The molecule has 1 fully saturated rings. The van der Waals surface area contributed by atoms with E-state index in [0.29, 0.717) is 34.7 Å². The second kappa shape index (κ2) is 20.8. The van der Waals surface area contributed by atoms with E-state index in [1.54, 1.807) is 0 Å². The van der Waals surface area contributed by atoms with Crippen LogP contribution in [0.3, 0.4) is 0 Å². The maximum atomic E-state index is 6.21. The van der Waals surface area contributed by atoms with Crippen molar-refractivity contribution < 1.29 is 0 Å². The molecule has 4 unspecified atom stereocenters. The first-order valence-corrected chi connectivity index (χ1v) is 18.5. The van der Waals surface area contributed by atoms with Crippen LogP contribution in [0, 0.1) is 34.5 Å². The van der Waals surface area contributed by atoms with Crippen molar-refractivity contribution in [3.05, 3.63) is 0 Å². The fourth-order valence-corrected chi connectivity index (χ4v) is 7.73. The summed E-state index contributed by atoms with van der Waals surface area (Å²) in [5.41, 5.74) is 13.6. The average molecular weight is 563 g/mol. The zero-order valence-electron chi connectivity index (χ0n) is 29.2. The monoisotopic (exact) mass is 563 g/mol. The highest BCUT2D eigenvalue weighted by Gasteiger charge is 2.39. The lowest BCUT2D eigenvalue weighted by atomic mass is 9.59. The van der Waals surface area contributed by atoms with Gasteiger partial charge in [0.15, 0.2) is 0 Å². The minimum absolute atomic E-state index is 0.398. The lowest BCUT2D eigenvalue weighted by Crippen LogP contribution is -2.35. The molecule has 0 saturated heterocycles. The second-order valence-corrected chi connectivity index (χ2v) is 15.7. The van der Waals surface area contributed by atoms with Gasteiger partial charge in [0.25, 0.3) is 0 Å². The highest BCUT2D eigenvalue weighted by Crippen LogP contribution is 2.51. The molecule has 1 aliphatic carbocycles. The SMILES string of the molecule is CCC(C)(CCCCCCCCC(N)C(C)C)C1CCC(C(C)(CC)CCCCCCCCC(N)C(C)C)CC1. The summed E-state index contributed by atoms with van der Waals surface area (Å²) in [4.78, 5) is 0. The van der Waals surface area contributed by atoms with E-state index in [4.69, 9.17) is 11.5 Å². The van der Waals surface area contributed by atoms with Crippen LogP contribution in [-0.4, -0.2) is 12.1 Å². The second-order valence-electron chi connectivity index (χ2n) is 15.7. The van der Waals surface area contributed by atoms with E-state index in [1.807, 2.05) is 0 Å². The minimum Gasteiger partial charge on any atom is -0.327 e. The van der Waals surface area contributed by atoms with E-state index in [2.05, 4.69) is 55.4 Å². The molecular formula is C38H78N2. The normalized spacial score (nSPS) is 22.8. The Balaban J connectivity index is 2.28. The average Bonchev–Trinajstić information content (AvgIpc) is 2.95. The molecule has 0 bridgehead atoms. The summed E-state index contributed by atoms with van der Waals surface area (Å²) in [7, 11) is 0. The first-order valence-electron chi connectivity index (χ1n) is 18.5. The third kappa shape index (κ3) is 14.4. The highest BCUT2D eigenvalue weighted by atomic mass is 14.6. The van der Waals surface area contributed by atoms with Gasteiger partial charge in [-0.25, -0.2) is 0 Å². The van der Waals surface area contributed by atoms with E-state index < -0.39 is 0 Å². The van der Waals surface area contributed by atoms with Gasteiger partial charge in [-0.3, -0.25) is 0 Å². The number of nitrogens with two attached hydrogens (primary N) is 2. The van der Waals surface area contributed by atoms with Gasteiger partial charge in [0.1, 0.15) is 0 Å². The molecule has 0 radical (unpaired) electrons. The maximum Gasteiger partial charge on any atom is 0.00618 e. The molecule has 0 heterocycles. The first-order chi connectivity index (χ1) is 19.0. The topological polar surface area (TPSA) is 52.0 Å².